The van der Waals surface area contributed by atoms with Gasteiger partial charge in [0, 0.05) is 64.7 Å². The number of rotatable bonds is 6. The molecular weight excluding hydrogens is 659 g/mol. The number of hydrogen-bond donors (Lipinski definition) is 1. The Bertz CT molecular complexity index is 1690. The van der Waals surface area contributed by atoms with Crippen LogP contribution in [0.1, 0.15) is 155 Å². The van der Waals surface area contributed by atoms with Gasteiger partial charge in [-0.05, 0) is 143 Å². The van der Waals surface area contributed by atoms with Gasteiger partial charge in [-0.1, -0.05) is 60.6 Å². The molecule has 0 spiro atoms. The highest BCUT2D eigenvalue weighted by atomic mass is 16.5. The fourth-order valence-corrected chi connectivity index (χ4v) is 15.2. The minimum atomic E-state index is -2.65. The third-order valence-electron chi connectivity index (χ3n) is 18.6. The highest BCUT2D eigenvalue weighted by molar-refractivity contribution is 5.86. The second kappa shape index (κ2) is 13.1. The van der Waals surface area contributed by atoms with Crippen molar-refractivity contribution < 1.29 is 27.3 Å². The first kappa shape index (κ1) is 32.2. The van der Waals surface area contributed by atoms with Crippen LogP contribution in [0.5, 0.6) is 0 Å². The van der Waals surface area contributed by atoms with Crippen LogP contribution in [0.3, 0.4) is 0 Å². The first-order valence-electron chi connectivity index (χ1n) is 24.2. The SMILES string of the molecule is [2H]C([2H])([2H])C(N1CCN(C(=O)[C@H]2C[C@@H](NC(=O)[C@]34CC[C@@H](C(=C)C)[C@@H]3[C@H]3CC[C@@H]5[C@@]6(C)CC[C@H](OC(C)=O)C(C)(C)[C@@H]6CC[C@@]5(C)[C@]3(C)CC4)C2(C)C)CC1)C([2H])([2H])[2H]. The van der Waals surface area contributed by atoms with Crippen LogP contribution in [0.15, 0.2) is 12.2 Å². The third-order valence-corrected chi connectivity index (χ3v) is 18.6. The smallest absolute Gasteiger partial charge is 0.302 e. The Balaban J connectivity index is 1.06. The van der Waals surface area contributed by atoms with E-state index in [4.69, 9.17) is 13.0 Å². The van der Waals surface area contributed by atoms with Gasteiger partial charge in [-0.2, -0.15) is 0 Å². The summed E-state index contributed by atoms with van der Waals surface area (Å²) in [6.07, 6.45) is 10.8. The summed E-state index contributed by atoms with van der Waals surface area (Å²) < 4.78 is 53.2. The number of ether oxygens (including phenoxy) is 1. The summed E-state index contributed by atoms with van der Waals surface area (Å²) in [6, 6.07) is -1.70. The quantitative estimate of drug-likeness (QED) is 0.218. The predicted octanol–water partition coefficient (Wildman–Crippen LogP) is 8.66. The molecule has 12 atom stereocenters. The molecule has 298 valence electrons. The molecule has 0 unspecified atom stereocenters. The Kier molecular flexibility index (Phi) is 7.95. The summed E-state index contributed by atoms with van der Waals surface area (Å²) in [5.74, 6) is 1.70. The molecule has 1 aliphatic heterocycles. The zero-order valence-electron chi connectivity index (χ0n) is 40.5. The van der Waals surface area contributed by atoms with Gasteiger partial charge >= 0.3 is 5.97 Å². The number of fused-ring (bicyclic) bond motifs is 7. The lowest BCUT2D eigenvalue weighted by Crippen LogP contribution is -2.68. The third kappa shape index (κ3) is 5.66. The molecule has 1 heterocycles. The number of nitrogens with one attached hydrogen (secondary N) is 1. The molecule has 1 N–H and O–H groups in total. The lowest BCUT2D eigenvalue weighted by atomic mass is 9.32. The van der Waals surface area contributed by atoms with E-state index in [0.29, 0.717) is 30.1 Å². The largest absolute Gasteiger partial charge is 0.462 e. The second-order valence-corrected chi connectivity index (χ2v) is 21.2. The van der Waals surface area contributed by atoms with Crippen molar-refractivity contribution in [3.05, 3.63) is 12.2 Å². The summed E-state index contributed by atoms with van der Waals surface area (Å²) in [7, 11) is 0. The Morgan fingerprint density at radius 3 is 2.11 bits per heavy atom. The lowest BCUT2D eigenvalue weighted by Gasteiger charge is -2.73. The molecule has 0 aromatic rings. The molecule has 6 saturated carbocycles. The maximum absolute atomic E-state index is 15.1. The van der Waals surface area contributed by atoms with Crippen molar-refractivity contribution in [1.29, 1.82) is 0 Å². The number of carbonyl (C=O) groups is 3. The normalized spacial score (nSPS) is 48.0. The van der Waals surface area contributed by atoms with Crippen molar-refractivity contribution in [3.63, 3.8) is 0 Å². The van der Waals surface area contributed by atoms with Gasteiger partial charge in [0.05, 0.1) is 5.41 Å². The van der Waals surface area contributed by atoms with E-state index in [1.165, 1.54) is 10.5 Å². The van der Waals surface area contributed by atoms with Gasteiger partial charge in [0.2, 0.25) is 11.8 Å². The van der Waals surface area contributed by atoms with E-state index in [-0.39, 0.29) is 89.6 Å². The van der Waals surface area contributed by atoms with E-state index in [9.17, 15) is 9.59 Å². The van der Waals surface area contributed by atoms with E-state index in [1.807, 2.05) is 0 Å². The topological polar surface area (TPSA) is 78.9 Å². The molecule has 2 amide bonds. The molecule has 7 aliphatic rings. The minimum absolute atomic E-state index is 0.00354. The number of amides is 2. The van der Waals surface area contributed by atoms with Gasteiger partial charge in [-0.15, -0.1) is 0 Å². The molecule has 0 aromatic carbocycles. The van der Waals surface area contributed by atoms with Crippen molar-refractivity contribution in [2.24, 2.45) is 68.0 Å². The summed E-state index contributed by atoms with van der Waals surface area (Å²) in [5, 5.41) is 3.58. The zero-order valence-corrected chi connectivity index (χ0v) is 34.5. The zero-order chi connectivity index (χ0) is 43.7. The monoisotopic (exact) mass is 740 g/mol. The summed E-state index contributed by atoms with van der Waals surface area (Å²) in [6.45, 7) is 20.5. The number of piperazine rings is 1. The number of carbonyl (C=O) groups excluding carboxylic acids is 3. The maximum Gasteiger partial charge on any atom is 0.302 e. The van der Waals surface area contributed by atoms with E-state index in [2.05, 4.69) is 67.3 Å². The van der Waals surface area contributed by atoms with E-state index in [1.54, 1.807) is 11.8 Å². The second-order valence-electron chi connectivity index (χ2n) is 21.2. The number of nitrogens with zero attached hydrogens (tertiary/aromatic N) is 2. The lowest BCUT2D eigenvalue weighted by molar-refractivity contribution is -0.249. The van der Waals surface area contributed by atoms with Crippen molar-refractivity contribution >= 4 is 17.8 Å². The standard InChI is InChI=1S/C46H75N3O4/c1-28(2)31-15-20-46(40(52)47-36-27-33(41(36,6)7)39(51)49-25-23-48(24-26-49)29(3)4)22-21-44(11)32(38(31)46)13-14-35-43(10)18-17-37(53-30(5)50)42(8,9)34(43)16-19-45(35,44)12/h29,31-38H,1,13-27H2,2-12H3,(H,47,52)/t31-,32+,33+,34-,35+,36+,37-,38+,43-,44+,45+,46-/m0/s1/i3D3,4D3. The summed E-state index contributed by atoms with van der Waals surface area (Å²) in [5.41, 5.74) is 0.545. The maximum atomic E-state index is 15.1. The molecule has 7 nitrogen and oxygen atoms in total. The molecular formula is C46H75N3O4. The van der Waals surface area contributed by atoms with Gasteiger partial charge in [0.25, 0.3) is 0 Å². The molecule has 7 heteroatoms. The molecule has 1 saturated heterocycles. The van der Waals surface area contributed by atoms with Crippen molar-refractivity contribution in [2.45, 2.75) is 165 Å². The van der Waals surface area contributed by atoms with Crippen LogP contribution in [0.4, 0.5) is 0 Å². The number of allylic oxidation sites excluding steroid dienone is 1. The van der Waals surface area contributed by atoms with Gasteiger partial charge in [0.15, 0.2) is 0 Å². The van der Waals surface area contributed by atoms with Crippen LogP contribution in [-0.2, 0) is 19.1 Å². The first-order chi connectivity index (χ1) is 27.1. The summed E-state index contributed by atoms with van der Waals surface area (Å²) >= 11 is 0. The van der Waals surface area contributed by atoms with Crippen molar-refractivity contribution in [1.82, 2.24) is 15.1 Å². The molecule has 53 heavy (non-hydrogen) atoms. The van der Waals surface area contributed by atoms with Crippen LogP contribution in [0, 0.1) is 68.0 Å². The highest BCUT2D eigenvalue weighted by Gasteiger charge is 2.72. The Labute approximate surface area is 331 Å². The molecule has 6 aliphatic carbocycles. The molecule has 0 radical (unpaired) electrons. The minimum Gasteiger partial charge on any atom is -0.462 e. The van der Waals surface area contributed by atoms with E-state index >= 15 is 4.79 Å². The average molecular weight is 740 g/mol. The number of esters is 1. The first-order valence-corrected chi connectivity index (χ1v) is 21.2. The van der Waals surface area contributed by atoms with Crippen LogP contribution >= 0.6 is 0 Å². The highest BCUT2D eigenvalue weighted by Crippen LogP contribution is 2.77. The van der Waals surface area contributed by atoms with Crippen molar-refractivity contribution in [2.75, 3.05) is 26.2 Å². The van der Waals surface area contributed by atoms with Gasteiger partial charge in [-0.25, -0.2) is 0 Å². The number of hydrogen-bond acceptors (Lipinski definition) is 5. The Morgan fingerprint density at radius 1 is 0.792 bits per heavy atom. The van der Waals surface area contributed by atoms with Crippen LogP contribution < -0.4 is 5.32 Å². The van der Waals surface area contributed by atoms with Crippen LogP contribution in [0.25, 0.3) is 0 Å². The Hall–Kier alpha value is -1.89. The molecule has 0 aromatic heterocycles. The summed E-state index contributed by atoms with van der Waals surface area (Å²) in [4.78, 5) is 44.5. The van der Waals surface area contributed by atoms with Crippen LogP contribution in [-0.4, -0.2) is 72.0 Å². The van der Waals surface area contributed by atoms with Gasteiger partial charge in [0.1, 0.15) is 6.10 Å². The fourth-order valence-electron chi connectivity index (χ4n) is 15.2. The van der Waals surface area contributed by atoms with E-state index < -0.39 is 30.6 Å². The van der Waals surface area contributed by atoms with Gasteiger partial charge in [-0.3, -0.25) is 19.3 Å². The predicted molar refractivity (Wildman–Crippen MR) is 212 cm³/mol. The average Bonchev–Trinajstić information content (AvgIpc) is 3.51. The molecule has 0 bridgehead atoms. The fraction of sp³-hybridized carbons (Fsp3) is 0.891. The van der Waals surface area contributed by atoms with Crippen molar-refractivity contribution in [3.8, 4) is 0 Å². The van der Waals surface area contributed by atoms with Gasteiger partial charge < -0.3 is 15.0 Å². The molecule has 7 fully saturated rings. The van der Waals surface area contributed by atoms with E-state index in [0.717, 1.165) is 64.2 Å². The Morgan fingerprint density at radius 2 is 1.49 bits per heavy atom. The van der Waals surface area contributed by atoms with Crippen LogP contribution in [0.2, 0.25) is 0 Å². The molecule has 7 rings (SSSR count).